The molecular weight excluding hydrogens is 373 g/mol. The van der Waals surface area contributed by atoms with Gasteiger partial charge in [-0.2, -0.15) is 0 Å². The Hall–Kier alpha value is -0.870. The zero-order valence-electron chi connectivity index (χ0n) is 9.51. The normalized spacial score (nSPS) is 11.2. The van der Waals surface area contributed by atoms with E-state index in [1.807, 2.05) is 22.6 Å². The number of phenolic OH excluding ortho intramolecular Hbond substituents is 1. The summed E-state index contributed by atoms with van der Waals surface area (Å²) in [5.74, 6) is -0.669. The number of sulfonamides is 1. The van der Waals surface area contributed by atoms with E-state index in [-0.39, 0.29) is 24.5 Å². The van der Waals surface area contributed by atoms with E-state index in [0.29, 0.717) is 3.57 Å². The van der Waals surface area contributed by atoms with Crippen LogP contribution in [0, 0.1) is 3.57 Å². The first-order valence-corrected chi connectivity index (χ1v) is 7.89. The third-order valence-corrected chi connectivity index (χ3v) is 3.47. The van der Waals surface area contributed by atoms with Crippen molar-refractivity contribution in [3.8, 4) is 11.5 Å². The number of para-hydroxylation sites is 1. The second kappa shape index (κ2) is 6.34. The van der Waals surface area contributed by atoms with Gasteiger partial charge >= 0.3 is 5.97 Å². The van der Waals surface area contributed by atoms with Gasteiger partial charge < -0.3 is 9.84 Å². The minimum atomic E-state index is -3.32. The van der Waals surface area contributed by atoms with Crippen LogP contribution in [0.25, 0.3) is 0 Å². The van der Waals surface area contributed by atoms with Gasteiger partial charge in [0.25, 0.3) is 0 Å². The number of benzene rings is 1. The smallest absolute Gasteiger partial charge is 0.312 e. The Labute approximate surface area is 119 Å². The molecule has 0 saturated carbocycles. The number of carbonyl (C=O) groups excluding carboxylic acids is 1. The summed E-state index contributed by atoms with van der Waals surface area (Å²) in [6.45, 7) is -0.0393. The molecule has 0 radical (unpaired) electrons. The zero-order valence-corrected chi connectivity index (χ0v) is 12.5. The van der Waals surface area contributed by atoms with Crippen LogP contribution in [0.1, 0.15) is 6.42 Å². The quantitative estimate of drug-likeness (QED) is 0.445. The Bertz CT molecular complexity index is 543. The Morgan fingerprint density at radius 2 is 2.17 bits per heavy atom. The highest BCUT2D eigenvalue weighted by Crippen LogP contribution is 2.30. The van der Waals surface area contributed by atoms with Crippen LogP contribution in [0.3, 0.4) is 0 Å². The van der Waals surface area contributed by atoms with E-state index in [1.165, 1.54) is 6.07 Å². The van der Waals surface area contributed by atoms with Crippen molar-refractivity contribution in [1.82, 2.24) is 4.72 Å². The van der Waals surface area contributed by atoms with Gasteiger partial charge in [-0.25, -0.2) is 13.1 Å². The van der Waals surface area contributed by atoms with Gasteiger partial charge in [0.05, 0.1) is 16.2 Å². The summed E-state index contributed by atoms with van der Waals surface area (Å²) in [4.78, 5) is 11.4. The Morgan fingerprint density at radius 3 is 2.78 bits per heavy atom. The predicted molar refractivity (Wildman–Crippen MR) is 73.9 cm³/mol. The lowest BCUT2D eigenvalue weighted by Gasteiger charge is -2.07. The molecule has 0 aliphatic carbocycles. The standard InChI is InChI=1S/C10H12INO5S/c1-18(15,16)12-6-5-9(13)17-8-4-2-3-7(11)10(8)14/h2-4,12,14H,5-6H2,1H3. The predicted octanol–water partition coefficient (Wildman–Crippen LogP) is 0.841. The molecule has 0 aromatic heterocycles. The molecule has 100 valence electrons. The molecular formula is C10H12INO5S. The molecule has 1 aromatic carbocycles. The summed E-state index contributed by atoms with van der Waals surface area (Å²) < 4.78 is 29.2. The molecule has 0 aliphatic rings. The molecule has 0 aliphatic heterocycles. The highest BCUT2D eigenvalue weighted by molar-refractivity contribution is 14.1. The monoisotopic (exact) mass is 385 g/mol. The van der Waals surface area contributed by atoms with Crippen molar-refractivity contribution in [3.05, 3.63) is 21.8 Å². The Kier molecular flexibility index (Phi) is 5.35. The van der Waals surface area contributed by atoms with Crippen molar-refractivity contribution < 1.29 is 23.1 Å². The van der Waals surface area contributed by atoms with E-state index in [2.05, 4.69) is 4.72 Å². The number of ether oxygens (including phenoxy) is 1. The van der Waals surface area contributed by atoms with Crippen LogP contribution in [-0.4, -0.2) is 32.3 Å². The molecule has 6 nitrogen and oxygen atoms in total. The first-order chi connectivity index (χ1) is 8.29. The molecule has 2 N–H and O–H groups in total. The maximum Gasteiger partial charge on any atom is 0.312 e. The molecule has 0 heterocycles. The molecule has 1 aromatic rings. The molecule has 0 bridgehead atoms. The minimum absolute atomic E-state index is 0.0393. The molecule has 0 fully saturated rings. The van der Waals surface area contributed by atoms with Gasteiger partial charge in [-0.05, 0) is 34.7 Å². The molecule has 0 saturated heterocycles. The average molecular weight is 385 g/mol. The highest BCUT2D eigenvalue weighted by atomic mass is 127. The lowest BCUT2D eigenvalue weighted by Crippen LogP contribution is -2.26. The van der Waals surface area contributed by atoms with Gasteiger partial charge in [0.1, 0.15) is 0 Å². The van der Waals surface area contributed by atoms with Gasteiger partial charge in [-0.15, -0.1) is 0 Å². The van der Waals surface area contributed by atoms with Gasteiger partial charge in [-0.3, -0.25) is 4.79 Å². The second-order valence-corrected chi connectivity index (χ2v) is 6.47. The Morgan fingerprint density at radius 1 is 1.50 bits per heavy atom. The third-order valence-electron chi connectivity index (χ3n) is 1.87. The lowest BCUT2D eigenvalue weighted by molar-refractivity contribution is -0.134. The fourth-order valence-corrected chi connectivity index (χ4v) is 2.04. The van der Waals surface area contributed by atoms with E-state index in [9.17, 15) is 18.3 Å². The first-order valence-electron chi connectivity index (χ1n) is 4.92. The topological polar surface area (TPSA) is 92.7 Å². The van der Waals surface area contributed by atoms with Crippen molar-refractivity contribution in [2.24, 2.45) is 0 Å². The molecule has 0 unspecified atom stereocenters. The SMILES string of the molecule is CS(=O)(=O)NCCC(=O)Oc1cccc(I)c1O. The summed E-state index contributed by atoms with van der Waals surface area (Å²) in [6.07, 6.45) is 0.891. The average Bonchev–Trinajstić information content (AvgIpc) is 2.23. The third kappa shape index (κ3) is 5.19. The largest absolute Gasteiger partial charge is 0.504 e. The highest BCUT2D eigenvalue weighted by Gasteiger charge is 2.11. The number of halogens is 1. The molecule has 0 spiro atoms. The number of nitrogens with one attached hydrogen (secondary N) is 1. The number of hydrogen-bond donors (Lipinski definition) is 2. The first kappa shape index (κ1) is 15.2. The maximum atomic E-state index is 11.4. The zero-order chi connectivity index (χ0) is 13.8. The second-order valence-electron chi connectivity index (χ2n) is 3.48. The van der Waals surface area contributed by atoms with Crippen molar-refractivity contribution in [2.45, 2.75) is 6.42 Å². The van der Waals surface area contributed by atoms with E-state index in [1.54, 1.807) is 12.1 Å². The van der Waals surface area contributed by atoms with Crippen LogP contribution in [-0.2, 0) is 14.8 Å². The molecule has 18 heavy (non-hydrogen) atoms. The molecule has 8 heteroatoms. The number of esters is 1. The van der Waals surface area contributed by atoms with Gasteiger partial charge in [0.2, 0.25) is 10.0 Å². The van der Waals surface area contributed by atoms with Crippen molar-refractivity contribution in [1.29, 1.82) is 0 Å². The molecule has 0 atom stereocenters. The van der Waals surface area contributed by atoms with E-state index >= 15 is 0 Å². The van der Waals surface area contributed by atoms with Crippen molar-refractivity contribution in [2.75, 3.05) is 12.8 Å². The van der Waals surface area contributed by atoms with Gasteiger partial charge in [0.15, 0.2) is 11.5 Å². The maximum absolute atomic E-state index is 11.4. The number of aromatic hydroxyl groups is 1. The van der Waals surface area contributed by atoms with Crippen LogP contribution in [0.2, 0.25) is 0 Å². The van der Waals surface area contributed by atoms with Crippen molar-refractivity contribution in [3.63, 3.8) is 0 Å². The van der Waals surface area contributed by atoms with Crippen LogP contribution in [0.15, 0.2) is 18.2 Å². The van der Waals surface area contributed by atoms with Crippen molar-refractivity contribution >= 4 is 38.6 Å². The van der Waals surface area contributed by atoms with Crippen LogP contribution < -0.4 is 9.46 Å². The fourth-order valence-electron chi connectivity index (χ4n) is 1.09. The number of hydrogen-bond acceptors (Lipinski definition) is 5. The van der Waals surface area contributed by atoms with E-state index in [0.717, 1.165) is 6.26 Å². The van der Waals surface area contributed by atoms with E-state index < -0.39 is 16.0 Å². The molecule has 0 amide bonds. The number of rotatable bonds is 5. The summed E-state index contributed by atoms with van der Waals surface area (Å²) in [5, 5.41) is 9.60. The minimum Gasteiger partial charge on any atom is -0.504 e. The van der Waals surface area contributed by atoms with Crippen LogP contribution >= 0.6 is 22.6 Å². The summed E-state index contributed by atoms with van der Waals surface area (Å²) in [7, 11) is -3.32. The summed E-state index contributed by atoms with van der Waals surface area (Å²) in [6, 6.07) is 4.76. The van der Waals surface area contributed by atoms with E-state index in [4.69, 9.17) is 4.74 Å². The lowest BCUT2D eigenvalue weighted by atomic mass is 10.3. The summed E-state index contributed by atoms with van der Waals surface area (Å²) in [5.41, 5.74) is 0. The molecule has 1 rings (SSSR count). The van der Waals surface area contributed by atoms with Crippen LogP contribution in [0.4, 0.5) is 0 Å². The summed E-state index contributed by atoms with van der Waals surface area (Å²) >= 11 is 1.90. The number of carbonyl (C=O) groups is 1. The fraction of sp³-hybridized carbons (Fsp3) is 0.300. The van der Waals surface area contributed by atoms with Crippen LogP contribution in [0.5, 0.6) is 11.5 Å². The number of phenols is 1. The Balaban J connectivity index is 2.53. The van der Waals surface area contributed by atoms with Gasteiger partial charge in [-0.1, -0.05) is 6.07 Å². The van der Waals surface area contributed by atoms with Gasteiger partial charge in [0, 0.05) is 6.54 Å².